The van der Waals surface area contributed by atoms with Gasteiger partial charge in [0, 0.05) is 6.42 Å². The molecule has 0 aliphatic carbocycles. The molecule has 0 saturated carbocycles. The average molecular weight is 1020 g/mol. The predicted molar refractivity (Wildman–Crippen MR) is 304 cm³/mol. The minimum atomic E-state index is -1.55. The normalized spacial score (nSPS) is 19.5. The molecular weight excluding hydrogens is 899 g/mol. The van der Waals surface area contributed by atoms with Crippen LogP contribution in [0, 0.1) is 0 Å². The van der Waals surface area contributed by atoms with E-state index in [9.17, 15) is 30.3 Å². The van der Waals surface area contributed by atoms with Crippen LogP contribution >= 0.6 is 0 Å². The van der Waals surface area contributed by atoms with Crippen LogP contribution in [0.1, 0.15) is 290 Å². The zero-order chi connectivity index (χ0) is 52.2. The molecule has 7 unspecified atom stereocenters. The van der Waals surface area contributed by atoms with Crippen LogP contribution in [0.4, 0.5) is 0 Å². The molecule has 0 aromatic heterocycles. The molecule has 9 nitrogen and oxygen atoms in total. The molecular formula is C63H117NO8. The van der Waals surface area contributed by atoms with Crippen molar-refractivity contribution in [3.63, 3.8) is 0 Å². The molecule has 0 spiro atoms. The van der Waals surface area contributed by atoms with Crippen LogP contribution in [0.25, 0.3) is 0 Å². The summed E-state index contributed by atoms with van der Waals surface area (Å²) < 4.78 is 11.3. The van der Waals surface area contributed by atoms with Crippen LogP contribution < -0.4 is 5.32 Å². The highest BCUT2D eigenvalue weighted by Crippen LogP contribution is 2.23. The molecule has 6 N–H and O–H groups in total. The average Bonchev–Trinajstić information content (AvgIpc) is 3.38. The van der Waals surface area contributed by atoms with Gasteiger partial charge in [0.1, 0.15) is 24.4 Å². The Bertz CT molecular complexity index is 1270. The van der Waals surface area contributed by atoms with E-state index in [1.165, 1.54) is 199 Å². The van der Waals surface area contributed by atoms with E-state index < -0.39 is 49.5 Å². The number of nitrogens with one attached hydrogen (secondary N) is 1. The molecule has 9 heteroatoms. The van der Waals surface area contributed by atoms with Gasteiger partial charge in [0.15, 0.2) is 6.29 Å². The van der Waals surface area contributed by atoms with E-state index in [1.807, 2.05) is 0 Å². The lowest BCUT2D eigenvalue weighted by Gasteiger charge is -2.40. The van der Waals surface area contributed by atoms with Crippen LogP contribution in [-0.2, 0) is 14.3 Å². The van der Waals surface area contributed by atoms with E-state index in [0.29, 0.717) is 12.8 Å². The van der Waals surface area contributed by atoms with Crippen molar-refractivity contribution in [2.45, 2.75) is 333 Å². The number of allylic oxidation sites excluding steroid dienone is 8. The van der Waals surface area contributed by atoms with Gasteiger partial charge in [-0.05, 0) is 51.4 Å². The third-order valence-corrected chi connectivity index (χ3v) is 14.7. The molecule has 1 heterocycles. The third kappa shape index (κ3) is 41.4. The summed E-state index contributed by atoms with van der Waals surface area (Å²) in [6.45, 7) is 3.75. The first-order valence-corrected chi connectivity index (χ1v) is 30.8. The molecule has 1 saturated heterocycles. The molecule has 1 amide bonds. The summed E-state index contributed by atoms with van der Waals surface area (Å²) in [4.78, 5) is 13.1. The van der Waals surface area contributed by atoms with E-state index >= 15 is 0 Å². The fourth-order valence-corrected chi connectivity index (χ4v) is 9.86. The molecule has 7 atom stereocenters. The first-order valence-electron chi connectivity index (χ1n) is 30.8. The largest absolute Gasteiger partial charge is 0.394 e. The van der Waals surface area contributed by atoms with E-state index in [2.05, 4.69) is 67.8 Å². The maximum absolute atomic E-state index is 13.1. The Morgan fingerprint density at radius 3 is 1.28 bits per heavy atom. The SMILES string of the molecule is CC/C=C\C/C=C\C/C=C\C/C=C\CCCCCCCCCCCCCCCCCCCCCCCCC(=O)NC(COC1OC(CO)C(O)C(O)C1O)C(O)CCCCCCCCCCCCCCCC. The van der Waals surface area contributed by atoms with Gasteiger partial charge in [0.05, 0.1) is 25.4 Å². The minimum Gasteiger partial charge on any atom is -0.394 e. The number of rotatable bonds is 53. The standard InChI is InChI=1S/C63H117NO8/c1-3-5-7-9-11-13-15-17-19-20-21-22-23-24-25-26-27-28-29-30-31-32-33-34-35-36-37-38-39-41-43-45-47-49-51-53-59(67)64-56(55-71-63-62(70)61(69)60(68)58(54-65)72-63)57(66)52-50-48-46-44-42-40-18-16-14-12-10-8-6-4-2/h5,7,11,13,17,19,21-22,56-58,60-63,65-66,68-70H,3-4,6,8-10,12,14-16,18,20,23-55H2,1-2H3,(H,64,67)/b7-5-,13-11-,19-17-,22-21-. The quantitative estimate of drug-likeness (QED) is 0.0261. The highest BCUT2D eigenvalue weighted by Gasteiger charge is 2.44. The lowest BCUT2D eigenvalue weighted by molar-refractivity contribution is -0.302. The van der Waals surface area contributed by atoms with Crippen molar-refractivity contribution in [1.82, 2.24) is 5.32 Å². The van der Waals surface area contributed by atoms with Crippen LogP contribution in [0.2, 0.25) is 0 Å². The first-order chi connectivity index (χ1) is 35.3. The monoisotopic (exact) mass is 1020 g/mol. The van der Waals surface area contributed by atoms with Crippen molar-refractivity contribution >= 4 is 5.91 Å². The molecule has 422 valence electrons. The van der Waals surface area contributed by atoms with E-state index in [-0.39, 0.29) is 12.5 Å². The van der Waals surface area contributed by atoms with E-state index in [4.69, 9.17) is 9.47 Å². The highest BCUT2D eigenvalue weighted by atomic mass is 16.7. The highest BCUT2D eigenvalue weighted by molar-refractivity contribution is 5.76. The van der Waals surface area contributed by atoms with Crippen LogP contribution in [0.5, 0.6) is 0 Å². The molecule has 72 heavy (non-hydrogen) atoms. The summed E-state index contributed by atoms with van der Waals surface area (Å²) >= 11 is 0. The molecule has 0 radical (unpaired) electrons. The molecule has 1 fully saturated rings. The van der Waals surface area contributed by atoms with E-state index in [0.717, 1.165) is 64.2 Å². The number of carbonyl (C=O) groups is 1. The lowest BCUT2D eigenvalue weighted by atomic mass is 9.99. The summed E-state index contributed by atoms with van der Waals surface area (Å²) in [7, 11) is 0. The number of hydrogen-bond donors (Lipinski definition) is 6. The van der Waals surface area contributed by atoms with Gasteiger partial charge in [0.25, 0.3) is 0 Å². The second kappa shape index (κ2) is 52.6. The molecule has 1 aliphatic rings. The smallest absolute Gasteiger partial charge is 0.220 e. The van der Waals surface area contributed by atoms with Gasteiger partial charge in [0.2, 0.25) is 5.91 Å². The van der Waals surface area contributed by atoms with Crippen molar-refractivity contribution in [2.24, 2.45) is 0 Å². The summed E-state index contributed by atoms with van der Waals surface area (Å²) in [6, 6.07) is -0.717. The maximum atomic E-state index is 13.1. The van der Waals surface area contributed by atoms with Crippen molar-refractivity contribution in [3.8, 4) is 0 Å². The van der Waals surface area contributed by atoms with Crippen LogP contribution in [0.15, 0.2) is 48.6 Å². The van der Waals surface area contributed by atoms with Crippen molar-refractivity contribution in [3.05, 3.63) is 48.6 Å². The molecule has 0 bridgehead atoms. The van der Waals surface area contributed by atoms with Gasteiger partial charge in [-0.25, -0.2) is 0 Å². The summed E-state index contributed by atoms with van der Waals surface area (Å²) in [5.41, 5.74) is 0. The second-order valence-electron chi connectivity index (χ2n) is 21.5. The summed E-state index contributed by atoms with van der Waals surface area (Å²) in [6.07, 6.45) is 63.1. The molecule has 0 aromatic rings. The fraction of sp³-hybridized carbons (Fsp3) is 0.857. The Balaban J connectivity index is 2.07. The number of aliphatic hydroxyl groups is 5. The van der Waals surface area contributed by atoms with E-state index in [1.54, 1.807) is 0 Å². The van der Waals surface area contributed by atoms with Gasteiger partial charge in [-0.1, -0.05) is 281 Å². The zero-order valence-corrected chi connectivity index (χ0v) is 46.9. The number of ether oxygens (including phenoxy) is 2. The lowest BCUT2D eigenvalue weighted by Crippen LogP contribution is -2.60. The first kappa shape index (κ1) is 68.2. The molecule has 1 rings (SSSR count). The van der Waals surface area contributed by atoms with Crippen molar-refractivity contribution in [1.29, 1.82) is 0 Å². The summed E-state index contributed by atoms with van der Waals surface area (Å²) in [5.74, 6) is -0.140. The van der Waals surface area contributed by atoms with Gasteiger partial charge < -0.3 is 40.3 Å². The third-order valence-electron chi connectivity index (χ3n) is 14.7. The van der Waals surface area contributed by atoms with Crippen LogP contribution in [-0.4, -0.2) is 87.5 Å². The van der Waals surface area contributed by atoms with Crippen molar-refractivity contribution < 1.29 is 39.8 Å². The van der Waals surface area contributed by atoms with Crippen molar-refractivity contribution in [2.75, 3.05) is 13.2 Å². The molecule has 0 aromatic carbocycles. The summed E-state index contributed by atoms with van der Waals surface area (Å²) in [5, 5.41) is 54.6. The Kier molecular flexibility index (Phi) is 49.8. The topological polar surface area (TPSA) is 149 Å². The molecule has 1 aliphatic heterocycles. The Morgan fingerprint density at radius 1 is 0.486 bits per heavy atom. The van der Waals surface area contributed by atoms with Crippen LogP contribution in [0.3, 0.4) is 0 Å². The Hall–Kier alpha value is -1.85. The number of unbranched alkanes of at least 4 members (excludes halogenated alkanes) is 35. The van der Waals surface area contributed by atoms with Gasteiger partial charge in [-0.15, -0.1) is 0 Å². The zero-order valence-electron chi connectivity index (χ0n) is 46.9. The van der Waals surface area contributed by atoms with Gasteiger partial charge >= 0.3 is 0 Å². The fourth-order valence-electron chi connectivity index (χ4n) is 9.86. The Labute approximate surface area is 444 Å². The number of aliphatic hydroxyl groups excluding tert-OH is 5. The maximum Gasteiger partial charge on any atom is 0.220 e. The number of hydrogen-bond acceptors (Lipinski definition) is 8. The Morgan fingerprint density at radius 2 is 0.861 bits per heavy atom. The second-order valence-corrected chi connectivity index (χ2v) is 21.5. The van der Waals surface area contributed by atoms with Gasteiger partial charge in [-0.3, -0.25) is 4.79 Å². The predicted octanol–water partition coefficient (Wildman–Crippen LogP) is 15.7. The number of carbonyl (C=O) groups excluding carboxylic acids is 1. The minimum absolute atomic E-state index is 0.135. The number of amides is 1. The van der Waals surface area contributed by atoms with Gasteiger partial charge in [-0.2, -0.15) is 0 Å².